The highest BCUT2D eigenvalue weighted by Gasteiger charge is 2.15. The van der Waals surface area contributed by atoms with Crippen LogP contribution in [0.2, 0.25) is 0 Å². The second kappa shape index (κ2) is 7.17. The molecule has 2 N–H and O–H groups in total. The molecule has 0 saturated carbocycles. The molecule has 0 saturated heterocycles. The van der Waals surface area contributed by atoms with Crippen LogP contribution in [0.3, 0.4) is 0 Å². The van der Waals surface area contributed by atoms with E-state index in [4.69, 9.17) is 0 Å². The van der Waals surface area contributed by atoms with Crippen molar-refractivity contribution in [1.29, 1.82) is 0 Å². The van der Waals surface area contributed by atoms with Crippen LogP contribution >= 0.6 is 0 Å². The lowest BCUT2D eigenvalue weighted by Crippen LogP contribution is -2.29. The number of anilines is 2. The summed E-state index contributed by atoms with van der Waals surface area (Å²) in [6.07, 6.45) is 1.52. The largest absolute Gasteiger partial charge is 0.465 e. The number of carbonyl (C=O) groups excluding carboxylic acids is 3. The minimum atomic E-state index is -0.833. The summed E-state index contributed by atoms with van der Waals surface area (Å²) >= 11 is 0. The van der Waals surface area contributed by atoms with Crippen LogP contribution in [0.15, 0.2) is 42.6 Å². The number of aromatic nitrogens is 1. The number of nitrogens with zero attached hydrogens (tertiary/aromatic N) is 1. The number of esters is 1. The standard InChI is InChI=1S/C16H15N3O4/c1-10-4-3-9-17-13(10)19-15(21)14(20)18-12-7-5-11(6-8-12)16(22)23-2/h3-9H,1-2H3,(H,18,20)(H,17,19,21). The Kier molecular flexibility index (Phi) is 5.03. The van der Waals surface area contributed by atoms with Gasteiger partial charge in [-0.3, -0.25) is 9.59 Å². The molecule has 2 amide bonds. The third kappa shape index (κ3) is 4.13. The predicted octanol–water partition coefficient (Wildman–Crippen LogP) is 1.75. The van der Waals surface area contributed by atoms with Gasteiger partial charge in [-0.15, -0.1) is 0 Å². The average molecular weight is 313 g/mol. The van der Waals surface area contributed by atoms with Crippen molar-refractivity contribution < 1.29 is 19.1 Å². The smallest absolute Gasteiger partial charge is 0.337 e. The van der Waals surface area contributed by atoms with Gasteiger partial charge in [0.15, 0.2) is 0 Å². The van der Waals surface area contributed by atoms with Crippen LogP contribution in [0.4, 0.5) is 11.5 Å². The van der Waals surface area contributed by atoms with Crippen LogP contribution in [0, 0.1) is 6.92 Å². The first-order valence-corrected chi connectivity index (χ1v) is 6.73. The molecular formula is C16H15N3O4. The van der Waals surface area contributed by atoms with Gasteiger partial charge >= 0.3 is 17.8 Å². The van der Waals surface area contributed by atoms with E-state index in [1.807, 2.05) is 0 Å². The van der Waals surface area contributed by atoms with E-state index in [1.54, 1.807) is 19.1 Å². The Morgan fingerprint density at radius 3 is 2.26 bits per heavy atom. The van der Waals surface area contributed by atoms with Crippen LogP contribution in [-0.2, 0) is 14.3 Å². The van der Waals surface area contributed by atoms with Gasteiger partial charge in [-0.2, -0.15) is 0 Å². The highest BCUT2D eigenvalue weighted by molar-refractivity contribution is 6.43. The summed E-state index contributed by atoms with van der Waals surface area (Å²) in [6, 6.07) is 9.48. The number of aryl methyl sites for hydroxylation is 1. The van der Waals surface area contributed by atoms with Crippen LogP contribution in [0.5, 0.6) is 0 Å². The maximum Gasteiger partial charge on any atom is 0.337 e. The lowest BCUT2D eigenvalue weighted by molar-refractivity contribution is -0.133. The van der Waals surface area contributed by atoms with Crippen LogP contribution in [0.1, 0.15) is 15.9 Å². The summed E-state index contributed by atoms with van der Waals surface area (Å²) in [7, 11) is 1.28. The van der Waals surface area contributed by atoms with E-state index in [0.29, 0.717) is 17.1 Å². The summed E-state index contributed by atoms with van der Waals surface area (Å²) in [4.78, 5) is 39.0. The summed E-state index contributed by atoms with van der Waals surface area (Å²) in [6.45, 7) is 1.77. The van der Waals surface area contributed by atoms with Gasteiger partial charge in [0.2, 0.25) is 0 Å². The minimum absolute atomic E-state index is 0.327. The highest BCUT2D eigenvalue weighted by atomic mass is 16.5. The van der Waals surface area contributed by atoms with E-state index < -0.39 is 17.8 Å². The molecule has 0 atom stereocenters. The normalized spacial score (nSPS) is 9.83. The van der Waals surface area contributed by atoms with Crippen molar-refractivity contribution in [1.82, 2.24) is 4.98 Å². The Labute approximate surface area is 132 Å². The summed E-state index contributed by atoms with van der Waals surface area (Å²) in [5.41, 5.74) is 1.48. The maximum absolute atomic E-state index is 11.9. The number of pyridine rings is 1. The van der Waals surface area contributed by atoms with Gasteiger partial charge < -0.3 is 15.4 Å². The fourth-order valence-corrected chi connectivity index (χ4v) is 1.78. The number of rotatable bonds is 3. The molecule has 1 heterocycles. The van der Waals surface area contributed by atoms with Crippen molar-refractivity contribution in [3.63, 3.8) is 0 Å². The highest BCUT2D eigenvalue weighted by Crippen LogP contribution is 2.12. The monoisotopic (exact) mass is 313 g/mol. The molecular weight excluding hydrogens is 298 g/mol. The van der Waals surface area contributed by atoms with E-state index in [1.165, 1.54) is 37.6 Å². The first-order chi connectivity index (χ1) is 11.0. The quantitative estimate of drug-likeness (QED) is 0.664. The molecule has 7 heteroatoms. The molecule has 1 aromatic heterocycles. The molecule has 0 radical (unpaired) electrons. The number of carbonyl (C=O) groups is 3. The zero-order valence-electron chi connectivity index (χ0n) is 12.6. The lowest BCUT2D eigenvalue weighted by Gasteiger charge is -2.08. The van der Waals surface area contributed by atoms with Crippen LogP contribution in [0.25, 0.3) is 0 Å². The Morgan fingerprint density at radius 1 is 1.00 bits per heavy atom. The van der Waals surface area contributed by atoms with Gasteiger partial charge in [-0.05, 0) is 42.8 Å². The lowest BCUT2D eigenvalue weighted by atomic mass is 10.2. The summed E-state index contributed by atoms with van der Waals surface area (Å²) < 4.78 is 4.58. The van der Waals surface area contributed by atoms with Gasteiger partial charge in [-0.1, -0.05) is 6.07 Å². The number of hydrogen-bond acceptors (Lipinski definition) is 5. The molecule has 0 spiro atoms. The van der Waals surface area contributed by atoms with Crippen LogP contribution in [-0.4, -0.2) is 29.9 Å². The summed E-state index contributed by atoms with van der Waals surface area (Å²) in [5.74, 6) is -1.82. The van der Waals surface area contributed by atoms with Gasteiger partial charge in [0.25, 0.3) is 0 Å². The number of benzene rings is 1. The first kappa shape index (κ1) is 16.2. The van der Waals surface area contributed by atoms with Gasteiger partial charge in [0.05, 0.1) is 12.7 Å². The molecule has 0 aliphatic carbocycles. The SMILES string of the molecule is COC(=O)c1ccc(NC(=O)C(=O)Nc2ncccc2C)cc1. The molecule has 0 aliphatic heterocycles. The fraction of sp³-hybridized carbons (Fsp3) is 0.125. The van der Waals surface area contributed by atoms with Crippen molar-refractivity contribution in [3.05, 3.63) is 53.7 Å². The topological polar surface area (TPSA) is 97.4 Å². The van der Waals surface area contributed by atoms with E-state index >= 15 is 0 Å². The van der Waals surface area contributed by atoms with Gasteiger partial charge in [0, 0.05) is 11.9 Å². The maximum atomic E-state index is 11.9. The average Bonchev–Trinajstić information content (AvgIpc) is 2.56. The minimum Gasteiger partial charge on any atom is -0.465 e. The van der Waals surface area contributed by atoms with Crippen LogP contribution < -0.4 is 10.6 Å². The zero-order valence-corrected chi connectivity index (χ0v) is 12.6. The Bertz CT molecular complexity index is 741. The molecule has 0 fully saturated rings. The molecule has 0 bridgehead atoms. The number of amides is 2. The van der Waals surface area contributed by atoms with E-state index in [2.05, 4.69) is 20.4 Å². The van der Waals surface area contributed by atoms with Crippen molar-refractivity contribution in [3.8, 4) is 0 Å². The second-order valence-corrected chi connectivity index (χ2v) is 4.65. The van der Waals surface area contributed by atoms with Crippen molar-refractivity contribution in [2.24, 2.45) is 0 Å². The predicted molar refractivity (Wildman–Crippen MR) is 84.0 cm³/mol. The molecule has 118 valence electrons. The third-order valence-corrected chi connectivity index (χ3v) is 3.01. The molecule has 2 aromatic rings. The van der Waals surface area contributed by atoms with Crippen molar-refractivity contribution in [2.45, 2.75) is 6.92 Å². The van der Waals surface area contributed by atoms with Crippen molar-refractivity contribution in [2.75, 3.05) is 17.7 Å². The van der Waals surface area contributed by atoms with Gasteiger partial charge in [-0.25, -0.2) is 9.78 Å². The number of hydrogen-bond donors (Lipinski definition) is 2. The second-order valence-electron chi connectivity index (χ2n) is 4.65. The Hall–Kier alpha value is -3.22. The third-order valence-electron chi connectivity index (χ3n) is 3.01. The first-order valence-electron chi connectivity index (χ1n) is 6.73. The molecule has 0 aliphatic rings. The Morgan fingerprint density at radius 2 is 1.65 bits per heavy atom. The number of nitrogens with one attached hydrogen (secondary N) is 2. The zero-order chi connectivity index (χ0) is 16.8. The van der Waals surface area contributed by atoms with E-state index in [9.17, 15) is 14.4 Å². The van der Waals surface area contributed by atoms with Crippen molar-refractivity contribution >= 4 is 29.3 Å². The molecule has 0 unspecified atom stereocenters. The molecule has 2 rings (SSSR count). The van der Waals surface area contributed by atoms with Gasteiger partial charge in [0.1, 0.15) is 5.82 Å². The van der Waals surface area contributed by atoms with E-state index in [-0.39, 0.29) is 0 Å². The summed E-state index contributed by atoms with van der Waals surface area (Å²) in [5, 5.41) is 4.87. The molecule has 7 nitrogen and oxygen atoms in total. The number of methoxy groups -OCH3 is 1. The Balaban J connectivity index is 2.00. The van der Waals surface area contributed by atoms with E-state index in [0.717, 1.165) is 5.56 Å². The molecule has 1 aromatic carbocycles. The number of ether oxygens (including phenoxy) is 1. The molecule has 23 heavy (non-hydrogen) atoms. The fourth-order valence-electron chi connectivity index (χ4n) is 1.78.